The molecule has 9 heteroatoms. The van der Waals surface area contributed by atoms with Crippen LogP contribution in [0.3, 0.4) is 0 Å². The Balaban J connectivity index is 1.31. The second kappa shape index (κ2) is 7.93. The van der Waals surface area contributed by atoms with Crippen LogP contribution in [0.25, 0.3) is 22.3 Å². The third-order valence-electron chi connectivity index (χ3n) is 4.56. The van der Waals surface area contributed by atoms with Crippen LogP contribution in [0.4, 0.5) is 0 Å². The number of carbonyl (C=O) groups is 2. The van der Waals surface area contributed by atoms with Gasteiger partial charge in [-0.25, -0.2) is 0 Å². The first kappa shape index (κ1) is 18.4. The first-order chi connectivity index (χ1) is 14.1. The first-order valence-electron chi connectivity index (χ1n) is 9.10. The van der Waals surface area contributed by atoms with Gasteiger partial charge in [0.15, 0.2) is 0 Å². The number of primary amides is 1. The number of rotatable bonds is 7. The number of hydrogen-bond acceptors (Lipinski definition) is 5. The lowest BCUT2D eigenvalue weighted by Crippen LogP contribution is -2.30. The van der Waals surface area contributed by atoms with Crippen molar-refractivity contribution in [1.29, 1.82) is 0 Å². The number of benzene rings is 2. The van der Waals surface area contributed by atoms with E-state index in [4.69, 9.17) is 5.73 Å². The van der Waals surface area contributed by atoms with Crippen molar-refractivity contribution >= 4 is 22.7 Å². The van der Waals surface area contributed by atoms with Gasteiger partial charge in [-0.3, -0.25) is 9.59 Å². The van der Waals surface area contributed by atoms with Gasteiger partial charge in [0, 0.05) is 34.8 Å². The SMILES string of the molecule is NC(=O)c1ccc(-c2nnn(CC(=O)NCCc3c[nH]c4ccccc34)n2)cc1. The number of para-hydroxylation sites is 1. The second-order valence-electron chi connectivity index (χ2n) is 6.54. The molecule has 0 saturated heterocycles. The van der Waals surface area contributed by atoms with Crippen molar-refractivity contribution in [1.82, 2.24) is 30.5 Å². The molecule has 0 bridgehead atoms. The highest BCUT2D eigenvalue weighted by molar-refractivity contribution is 5.93. The molecule has 0 aliphatic rings. The molecule has 0 spiro atoms. The van der Waals surface area contributed by atoms with E-state index in [1.165, 1.54) is 4.80 Å². The summed E-state index contributed by atoms with van der Waals surface area (Å²) in [6, 6.07) is 14.6. The van der Waals surface area contributed by atoms with E-state index in [1.807, 2.05) is 24.4 Å². The van der Waals surface area contributed by atoms with Gasteiger partial charge in [-0.2, -0.15) is 4.80 Å². The Morgan fingerprint density at radius 3 is 2.69 bits per heavy atom. The van der Waals surface area contributed by atoms with Gasteiger partial charge in [-0.1, -0.05) is 30.3 Å². The normalized spacial score (nSPS) is 10.9. The predicted octanol–water partition coefficient (Wildman–Crippen LogP) is 1.28. The van der Waals surface area contributed by atoms with Gasteiger partial charge in [0.2, 0.25) is 17.6 Å². The van der Waals surface area contributed by atoms with Crippen molar-refractivity contribution in [3.63, 3.8) is 0 Å². The standard InChI is InChI=1S/C20H19N7O2/c21-19(29)13-5-7-14(8-6-13)20-24-26-27(25-20)12-18(28)22-10-9-15-11-23-17-4-2-1-3-16(15)17/h1-8,11,23H,9-10,12H2,(H2,21,29)(H,22,28). The average Bonchev–Trinajstić information content (AvgIpc) is 3.35. The zero-order valence-electron chi connectivity index (χ0n) is 15.5. The molecule has 0 fully saturated rings. The molecule has 0 saturated carbocycles. The maximum atomic E-state index is 12.2. The Hall–Kier alpha value is -4.01. The van der Waals surface area contributed by atoms with Crippen LogP contribution in [0.15, 0.2) is 54.7 Å². The largest absolute Gasteiger partial charge is 0.366 e. The lowest BCUT2D eigenvalue weighted by Gasteiger charge is -2.04. The van der Waals surface area contributed by atoms with Crippen LogP contribution in [-0.4, -0.2) is 43.6 Å². The smallest absolute Gasteiger partial charge is 0.248 e. The molecule has 2 aromatic heterocycles. The van der Waals surface area contributed by atoms with E-state index in [2.05, 4.69) is 31.8 Å². The minimum absolute atomic E-state index is 0.0275. The van der Waals surface area contributed by atoms with Crippen LogP contribution in [0.1, 0.15) is 15.9 Å². The minimum atomic E-state index is -0.502. The molecule has 2 heterocycles. The molecule has 0 atom stereocenters. The van der Waals surface area contributed by atoms with Gasteiger partial charge >= 0.3 is 0 Å². The Morgan fingerprint density at radius 2 is 1.90 bits per heavy atom. The number of aromatic nitrogens is 5. The highest BCUT2D eigenvalue weighted by Gasteiger charge is 2.10. The van der Waals surface area contributed by atoms with Crippen LogP contribution in [0.2, 0.25) is 0 Å². The molecule has 9 nitrogen and oxygen atoms in total. The molecule has 2 amide bonds. The highest BCUT2D eigenvalue weighted by Crippen LogP contribution is 2.17. The van der Waals surface area contributed by atoms with Crippen molar-refractivity contribution in [2.24, 2.45) is 5.73 Å². The number of fused-ring (bicyclic) bond motifs is 1. The van der Waals surface area contributed by atoms with E-state index in [9.17, 15) is 9.59 Å². The number of hydrogen-bond donors (Lipinski definition) is 3. The Kier molecular flexibility index (Phi) is 5.02. The quantitative estimate of drug-likeness (QED) is 0.438. The molecule has 0 aliphatic carbocycles. The molecule has 4 N–H and O–H groups in total. The monoisotopic (exact) mass is 389 g/mol. The summed E-state index contributed by atoms with van der Waals surface area (Å²) in [7, 11) is 0. The van der Waals surface area contributed by atoms with Gasteiger partial charge in [0.25, 0.3) is 0 Å². The predicted molar refractivity (Wildman–Crippen MR) is 107 cm³/mol. The maximum Gasteiger partial charge on any atom is 0.248 e. The summed E-state index contributed by atoms with van der Waals surface area (Å²) in [6.45, 7) is 0.483. The van der Waals surface area contributed by atoms with E-state index >= 15 is 0 Å². The molecular weight excluding hydrogens is 370 g/mol. The molecule has 4 aromatic rings. The van der Waals surface area contributed by atoms with Crippen LogP contribution >= 0.6 is 0 Å². The van der Waals surface area contributed by atoms with Gasteiger partial charge in [-0.05, 0) is 35.4 Å². The van der Waals surface area contributed by atoms with Crippen molar-refractivity contribution in [2.45, 2.75) is 13.0 Å². The van der Waals surface area contributed by atoms with Crippen LogP contribution < -0.4 is 11.1 Å². The van der Waals surface area contributed by atoms with E-state index in [0.29, 0.717) is 23.5 Å². The molecular formula is C20H19N7O2. The molecule has 0 radical (unpaired) electrons. The van der Waals surface area contributed by atoms with E-state index < -0.39 is 5.91 Å². The van der Waals surface area contributed by atoms with Crippen molar-refractivity contribution in [2.75, 3.05) is 6.54 Å². The Labute approximate surface area is 165 Å². The van der Waals surface area contributed by atoms with Crippen LogP contribution in [0.5, 0.6) is 0 Å². The number of nitrogens with one attached hydrogen (secondary N) is 2. The van der Waals surface area contributed by atoms with E-state index in [-0.39, 0.29) is 12.5 Å². The van der Waals surface area contributed by atoms with Gasteiger partial charge in [-0.15, -0.1) is 10.2 Å². The zero-order valence-corrected chi connectivity index (χ0v) is 15.5. The molecule has 0 unspecified atom stereocenters. The van der Waals surface area contributed by atoms with Crippen molar-refractivity contribution in [3.8, 4) is 11.4 Å². The fraction of sp³-hybridized carbons (Fsp3) is 0.150. The lowest BCUT2D eigenvalue weighted by molar-refractivity contribution is -0.122. The second-order valence-corrected chi connectivity index (χ2v) is 6.54. The van der Waals surface area contributed by atoms with Crippen LogP contribution in [-0.2, 0) is 17.8 Å². The topological polar surface area (TPSA) is 132 Å². The number of amides is 2. The summed E-state index contributed by atoms with van der Waals surface area (Å²) in [5, 5.41) is 16.1. The third-order valence-corrected chi connectivity index (χ3v) is 4.56. The fourth-order valence-corrected chi connectivity index (χ4v) is 3.07. The maximum absolute atomic E-state index is 12.2. The Bertz CT molecular complexity index is 1160. The van der Waals surface area contributed by atoms with Crippen molar-refractivity contribution < 1.29 is 9.59 Å². The Morgan fingerprint density at radius 1 is 1.10 bits per heavy atom. The van der Waals surface area contributed by atoms with Gasteiger partial charge in [0.1, 0.15) is 6.54 Å². The molecule has 29 heavy (non-hydrogen) atoms. The van der Waals surface area contributed by atoms with Gasteiger partial charge in [0.05, 0.1) is 0 Å². The number of H-pyrrole nitrogens is 1. The van der Waals surface area contributed by atoms with Crippen LogP contribution in [0, 0.1) is 0 Å². The average molecular weight is 389 g/mol. The summed E-state index contributed by atoms with van der Waals surface area (Å²) < 4.78 is 0. The summed E-state index contributed by atoms with van der Waals surface area (Å²) in [6.07, 6.45) is 2.68. The lowest BCUT2D eigenvalue weighted by atomic mass is 10.1. The zero-order chi connectivity index (χ0) is 20.2. The van der Waals surface area contributed by atoms with E-state index in [0.717, 1.165) is 22.9 Å². The molecule has 2 aromatic carbocycles. The fourth-order valence-electron chi connectivity index (χ4n) is 3.07. The summed E-state index contributed by atoms with van der Waals surface area (Å²) in [4.78, 5) is 27.8. The number of nitrogens with two attached hydrogens (primary N) is 1. The number of nitrogens with zero attached hydrogens (tertiary/aromatic N) is 4. The molecule has 0 aliphatic heterocycles. The highest BCUT2D eigenvalue weighted by atomic mass is 16.2. The molecule has 146 valence electrons. The minimum Gasteiger partial charge on any atom is -0.366 e. The van der Waals surface area contributed by atoms with Gasteiger partial charge < -0.3 is 16.0 Å². The third kappa shape index (κ3) is 4.13. The number of carbonyl (C=O) groups excluding carboxylic acids is 2. The summed E-state index contributed by atoms with van der Waals surface area (Å²) in [5.41, 5.74) is 8.54. The number of tetrazole rings is 1. The number of aromatic amines is 1. The first-order valence-corrected chi connectivity index (χ1v) is 9.10. The molecule has 4 rings (SSSR count). The summed E-state index contributed by atoms with van der Waals surface area (Å²) >= 11 is 0. The summed E-state index contributed by atoms with van der Waals surface area (Å²) in [5.74, 6) is -0.331. The van der Waals surface area contributed by atoms with Crippen molar-refractivity contribution in [3.05, 3.63) is 65.9 Å². The van der Waals surface area contributed by atoms with E-state index in [1.54, 1.807) is 24.3 Å².